The highest BCUT2D eigenvalue weighted by Gasteiger charge is 2.12. The van der Waals surface area contributed by atoms with Gasteiger partial charge in [0.05, 0.1) is 19.4 Å². The van der Waals surface area contributed by atoms with Crippen molar-refractivity contribution in [2.75, 3.05) is 19.5 Å². The molecule has 0 amide bonds. The van der Waals surface area contributed by atoms with Crippen LogP contribution in [0.25, 0.3) is 5.65 Å². The summed E-state index contributed by atoms with van der Waals surface area (Å²) in [5, 5.41) is 0. The van der Waals surface area contributed by atoms with E-state index in [2.05, 4.69) is 4.98 Å². The lowest BCUT2D eigenvalue weighted by Crippen LogP contribution is -1.99. The number of nitrogens with zero attached hydrogens (tertiary/aromatic N) is 2. The van der Waals surface area contributed by atoms with Crippen molar-refractivity contribution >= 4 is 11.5 Å². The molecule has 0 unspecified atom stereocenters. The van der Waals surface area contributed by atoms with Crippen molar-refractivity contribution < 1.29 is 9.47 Å². The molecule has 0 aliphatic rings. The maximum absolute atomic E-state index is 6.23. The zero-order valence-corrected chi connectivity index (χ0v) is 13.7. The first kappa shape index (κ1) is 15.2. The van der Waals surface area contributed by atoms with E-state index in [9.17, 15) is 0 Å². The Morgan fingerprint density at radius 2 is 2.00 bits per heavy atom. The first-order chi connectivity index (χ1) is 11.1. The third-order valence-electron chi connectivity index (χ3n) is 3.79. The maximum atomic E-state index is 6.23. The van der Waals surface area contributed by atoms with Crippen LogP contribution in [0, 0.1) is 6.92 Å². The third-order valence-corrected chi connectivity index (χ3v) is 3.79. The van der Waals surface area contributed by atoms with Gasteiger partial charge >= 0.3 is 0 Å². The summed E-state index contributed by atoms with van der Waals surface area (Å²) < 4.78 is 12.9. The number of nitrogens with two attached hydrogens (primary N) is 1. The van der Waals surface area contributed by atoms with E-state index in [4.69, 9.17) is 15.2 Å². The van der Waals surface area contributed by atoms with Crippen LogP contribution in [0.15, 0.2) is 36.5 Å². The molecule has 3 aromatic rings. The molecule has 0 bridgehead atoms. The quantitative estimate of drug-likeness (QED) is 0.786. The van der Waals surface area contributed by atoms with Gasteiger partial charge in [-0.15, -0.1) is 0 Å². The zero-order chi connectivity index (χ0) is 16.4. The second-order valence-corrected chi connectivity index (χ2v) is 5.47. The molecule has 3 rings (SSSR count). The highest BCUT2D eigenvalue weighted by atomic mass is 16.5. The predicted octanol–water partition coefficient (Wildman–Crippen LogP) is 3.22. The molecular weight excluding hydrogens is 290 g/mol. The molecule has 0 saturated carbocycles. The number of imidazole rings is 1. The molecule has 0 fully saturated rings. The molecule has 0 atom stereocenters. The van der Waals surface area contributed by atoms with Crippen LogP contribution in [0.2, 0.25) is 0 Å². The van der Waals surface area contributed by atoms with Crippen molar-refractivity contribution in [3.8, 4) is 11.5 Å². The lowest BCUT2D eigenvalue weighted by molar-refractivity contribution is 0.310. The predicted molar refractivity (Wildman–Crippen MR) is 91.3 cm³/mol. The van der Waals surface area contributed by atoms with E-state index >= 15 is 0 Å². The van der Waals surface area contributed by atoms with Crippen LogP contribution < -0.4 is 15.2 Å². The molecule has 0 spiro atoms. The van der Waals surface area contributed by atoms with Gasteiger partial charge in [0, 0.05) is 12.6 Å². The first-order valence-corrected chi connectivity index (χ1v) is 7.65. The molecule has 0 radical (unpaired) electrons. The van der Waals surface area contributed by atoms with Crippen LogP contribution in [0.4, 0.5) is 5.82 Å². The number of aryl methyl sites for hydroxylation is 1. The summed E-state index contributed by atoms with van der Waals surface area (Å²) in [4.78, 5) is 4.65. The summed E-state index contributed by atoms with van der Waals surface area (Å²) in [6, 6.07) is 9.96. The molecule has 120 valence electrons. The molecule has 2 aromatic heterocycles. The summed E-state index contributed by atoms with van der Waals surface area (Å²) in [6.45, 7) is 4.60. The standard InChI is InChI=1S/C18H21N3O2/c1-4-23-15-6-5-13(11-16(15)22-3)10-14-18(19)21-8-7-12(2)9-17(21)20-14/h5-9,11H,4,10,19H2,1-3H3. The van der Waals surface area contributed by atoms with Gasteiger partial charge in [-0.05, 0) is 49.2 Å². The Kier molecular flexibility index (Phi) is 4.10. The number of pyridine rings is 1. The van der Waals surface area contributed by atoms with Crippen molar-refractivity contribution in [1.29, 1.82) is 0 Å². The Morgan fingerprint density at radius 3 is 2.74 bits per heavy atom. The Balaban J connectivity index is 1.94. The smallest absolute Gasteiger partial charge is 0.161 e. The fraction of sp³-hybridized carbons (Fsp3) is 0.278. The number of anilines is 1. The monoisotopic (exact) mass is 311 g/mol. The third kappa shape index (κ3) is 2.95. The fourth-order valence-electron chi connectivity index (χ4n) is 2.63. The van der Waals surface area contributed by atoms with Crippen molar-refractivity contribution in [2.24, 2.45) is 0 Å². The largest absolute Gasteiger partial charge is 0.493 e. The summed E-state index contributed by atoms with van der Waals surface area (Å²) in [7, 11) is 1.64. The molecular formula is C18H21N3O2. The minimum absolute atomic E-state index is 0.606. The Morgan fingerprint density at radius 1 is 1.17 bits per heavy atom. The molecule has 1 aromatic carbocycles. The van der Waals surface area contributed by atoms with Gasteiger partial charge in [0.15, 0.2) is 11.5 Å². The molecule has 2 heterocycles. The second-order valence-electron chi connectivity index (χ2n) is 5.47. The van der Waals surface area contributed by atoms with E-state index in [0.29, 0.717) is 18.8 Å². The second kappa shape index (κ2) is 6.20. The van der Waals surface area contributed by atoms with Gasteiger partial charge in [0.25, 0.3) is 0 Å². The zero-order valence-electron chi connectivity index (χ0n) is 13.7. The minimum Gasteiger partial charge on any atom is -0.493 e. The number of fused-ring (bicyclic) bond motifs is 1. The van der Waals surface area contributed by atoms with Gasteiger partial charge in [-0.2, -0.15) is 0 Å². The lowest BCUT2D eigenvalue weighted by atomic mass is 10.1. The molecule has 2 N–H and O–H groups in total. The van der Waals surface area contributed by atoms with Gasteiger partial charge in [-0.1, -0.05) is 6.07 Å². The normalized spacial score (nSPS) is 10.9. The van der Waals surface area contributed by atoms with Gasteiger partial charge in [0.2, 0.25) is 0 Å². The number of methoxy groups -OCH3 is 1. The van der Waals surface area contributed by atoms with Crippen molar-refractivity contribution in [1.82, 2.24) is 9.38 Å². The highest BCUT2D eigenvalue weighted by molar-refractivity contribution is 5.55. The summed E-state index contributed by atoms with van der Waals surface area (Å²) in [5.41, 5.74) is 10.2. The Hall–Kier alpha value is -2.69. The summed E-state index contributed by atoms with van der Waals surface area (Å²) in [5.74, 6) is 2.15. The number of rotatable bonds is 5. The Bertz CT molecular complexity index is 840. The van der Waals surface area contributed by atoms with Gasteiger partial charge in [-0.25, -0.2) is 4.98 Å². The number of benzene rings is 1. The minimum atomic E-state index is 0.606. The van der Waals surface area contributed by atoms with E-state index in [1.165, 1.54) is 0 Å². The van der Waals surface area contributed by atoms with Crippen LogP contribution in [-0.2, 0) is 6.42 Å². The number of hydrogen-bond acceptors (Lipinski definition) is 4. The molecule has 5 heteroatoms. The molecule has 0 aliphatic heterocycles. The molecule has 23 heavy (non-hydrogen) atoms. The van der Waals surface area contributed by atoms with Crippen LogP contribution >= 0.6 is 0 Å². The Labute approximate surface area is 135 Å². The first-order valence-electron chi connectivity index (χ1n) is 7.65. The lowest BCUT2D eigenvalue weighted by Gasteiger charge is -2.10. The number of aromatic nitrogens is 2. The SMILES string of the molecule is CCOc1ccc(Cc2nc3cc(C)ccn3c2N)cc1OC. The van der Waals surface area contributed by atoms with Crippen molar-refractivity contribution in [3.63, 3.8) is 0 Å². The maximum Gasteiger partial charge on any atom is 0.161 e. The van der Waals surface area contributed by atoms with Crippen LogP contribution in [0.3, 0.4) is 0 Å². The van der Waals surface area contributed by atoms with Gasteiger partial charge in [0.1, 0.15) is 11.5 Å². The summed E-state index contributed by atoms with van der Waals surface area (Å²) >= 11 is 0. The molecule has 5 nitrogen and oxygen atoms in total. The van der Waals surface area contributed by atoms with E-state index in [1.54, 1.807) is 7.11 Å². The average molecular weight is 311 g/mol. The topological polar surface area (TPSA) is 61.8 Å². The van der Waals surface area contributed by atoms with E-state index in [1.807, 2.05) is 54.8 Å². The number of ether oxygens (including phenoxy) is 2. The van der Waals surface area contributed by atoms with E-state index < -0.39 is 0 Å². The van der Waals surface area contributed by atoms with Crippen LogP contribution in [-0.4, -0.2) is 23.1 Å². The fourth-order valence-corrected chi connectivity index (χ4v) is 2.63. The van der Waals surface area contributed by atoms with Crippen molar-refractivity contribution in [2.45, 2.75) is 20.3 Å². The van der Waals surface area contributed by atoms with Crippen LogP contribution in [0.5, 0.6) is 11.5 Å². The number of nitrogen functional groups attached to an aromatic ring is 1. The number of hydrogen-bond donors (Lipinski definition) is 1. The van der Waals surface area contributed by atoms with Gasteiger partial charge in [-0.3, -0.25) is 4.40 Å². The highest BCUT2D eigenvalue weighted by Crippen LogP contribution is 2.29. The average Bonchev–Trinajstić information content (AvgIpc) is 2.84. The van der Waals surface area contributed by atoms with Crippen LogP contribution in [0.1, 0.15) is 23.7 Å². The van der Waals surface area contributed by atoms with E-state index in [-0.39, 0.29) is 0 Å². The van der Waals surface area contributed by atoms with Gasteiger partial charge < -0.3 is 15.2 Å². The molecule has 0 aliphatic carbocycles. The van der Waals surface area contributed by atoms with Crippen molar-refractivity contribution in [3.05, 3.63) is 53.3 Å². The van der Waals surface area contributed by atoms with E-state index in [0.717, 1.165) is 34.0 Å². The molecule has 0 saturated heterocycles. The summed E-state index contributed by atoms with van der Waals surface area (Å²) in [6.07, 6.45) is 2.60.